The highest BCUT2D eigenvalue weighted by molar-refractivity contribution is 7.14. The molecule has 48 heavy (non-hydrogen) atoms. The molecule has 0 saturated carbocycles. The van der Waals surface area contributed by atoms with Crippen LogP contribution in [0.2, 0.25) is 0 Å². The van der Waals surface area contributed by atoms with Crippen LogP contribution >= 0.6 is 11.3 Å². The van der Waals surface area contributed by atoms with Crippen LogP contribution in [0.5, 0.6) is 0 Å². The Balaban J connectivity index is 0.000000677. The second-order valence-electron chi connectivity index (χ2n) is 12.8. The van der Waals surface area contributed by atoms with Crippen LogP contribution in [0.4, 0.5) is 5.13 Å². The van der Waals surface area contributed by atoms with Gasteiger partial charge in [-0.3, -0.25) is 19.9 Å². The molecule has 8 nitrogen and oxygen atoms in total. The van der Waals surface area contributed by atoms with Crippen LogP contribution < -0.4 is 10.6 Å². The van der Waals surface area contributed by atoms with E-state index in [-0.39, 0.29) is 17.2 Å². The van der Waals surface area contributed by atoms with E-state index in [1.54, 1.807) is 48.7 Å². The Morgan fingerprint density at radius 1 is 0.875 bits per heavy atom. The SMILES string of the molecule is CC(C)(C)c1ccc(-c2ncccc2C(=O)Nc2nc(-c3cccc(C(=O)NC(C=O)c4ccccc4)c3)cs2)cc1.CN1CCCC1. The lowest BCUT2D eigenvalue weighted by molar-refractivity contribution is -0.109. The van der Waals surface area contributed by atoms with Crippen molar-refractivity contribution >= 4 is 34.6 Å². The average Bonchev–Trinajstić information content (AvgIpc) is 3.79. The van der Waals surface area contributed by atoms with Gasteiger partial charge in [-0.1, -0.05) is 87.5 Å². The Bertz CT molecular complexity index is 1840. The highest BCUT2D eigenvalue weighted by Gasteiger charge is 2.19. The van der Waals surface area contributed by atoms with E-state index in [4.69, 9.17) is 0 Å². The van der Waals surface area contributed by atoms with Crippen molar-refractivity contribution in [3.8, 4) is 22.5 Å². The number of likely N-dealkylation sites (tertiary alicyclic amines) is 1. The van der Waals surface area contributed by atoms with Crippen LogP contribution in [0, 0.1) is 0 Å². The second kappa shape index (κ2) is 15.7. The quantitative estimate of drug-likeness (QED) is 0.165. The number of benzene rings is 3. The first-order chi connectivity index (χ1) is 23.1. The Morgan fingerprint density at radius 3 is 2.25 bits per heavy atom. The van der Waals surface area contributed by atoms with E-state index in [2.05, 4.69) is 65.5 Å². The van der Waals surface area contributed by atoms with Crippen LogP contribution in [0.1, 0.15) is 71.5 Å². The van der Waals surface area contributed by atoms with E-state index in [1.165, 1.54) is 42.8 Å². The molecule has 246 valence electrons. The van der Waals surface area contributed by atoms with Gasteiger partial charge >= 0.3 is 0 Å². The third-order valence-corrected chi connectivity index (χ3v) is 8.89. The van der Waals surface area contributed by atoms with Crippen LogP contribution in [0.3, 0.4) is 0 Å². The maximum Gasteiger partial charge on any atom is 0.259 e. The number of carbonyl (C=O) groups excluding carboxylic acids is 3. The van der Waals surface area contributed by atoms with Gasteiger partial charge < -0.3 is 15.0 Å². The summed E-state index contributed by atoms with van der Waals surface area (Å²) in [5.74, 6) is -0.686. The summed E-state index contributed by atoms with van der Waals surface area (Å²) in [5.41, 5.74) is 5.54. The van der Waals surface area contributed by atoms with E-state index < -0.39 is 6.04 Å². The summed E-state index contributed by atoms with van der Waals surface area (Å²) >= 11 is 1.29. The number of anilines is 1. The topological polar surface area (TPSA) is 104 Å². The van der Waals surface area contributed by atoms with Crippen molar-refractivity contribution in [3.05, 3.63) is 125 Å². The molecule has 2 amide bonds. The summed E-state index contributed by atoms with van der Waals surface area (Å²) in [5, 5.41) is 7.91. The molecule has 3 aromatic carbocycles. The van der Waals surface area contributed by atoms with Gasteiger partial charge in [0.05, 0.1) is 17.0 Å². The summed E-state index contributed by atoms with van der Waals surface area (Å²) in [6.07, 6.45) is 5.21. The molecule has 1 aliphatic rings. The Kier molecular flexibility index (Phi) is 11.3. The lowest BCUT2D eigenvalue weighted by Crippen LogP contribution is -2.29. The monoisotopic (exact) mass is 659 g/mol. The average molecular weight is 660 g/mol. The van der Waals surface area contributed by atoms with Crippen LogP contribution in [-0.2, 0) is 10.2 Å². The van der Waals surface area contributed by atoms with Gasteiger partial charge in [0.15, 0.2) is 5.13 Å². The number of hydrogen-bond acceptors (Lipinski definition) is 7. The minimum absolute atomic E-state index is 0.0226. The van der Waals surface area contributed by atoms with Crippen molar-refractivity contribution in [2.24, 2.45) is 0 Å². The molecular formula is C39H41N5O3S. The number of thiazole rings is 1. The summed E-state index contributed by atoms with van der Waals surface area (Å²) in [6.45, 7) is 9.11. The van der Waals surface area contributed by atoms with Crippen LogP contribution in [0.15, 0.2) is 103 Å². The van der Waals surface area contributed by atoms with E-state index in [0.717, 1.165) is 5.56 Å². The van der Waals surface area contributed by atoms with Crippen molar-refractivity contribution in [1.82, 2.24) is 20.2 Å². The van der Waals surface area contributed by atoms with Crippen molar-refractivity contribution < 1.29 is 14.4 Å². The molecule has 1 unspecified atom stereocenters. The first kappa shape index (κ1) is 34.3. The molecule has 5 aromatic rings. The highest BCUT2D eigenvalue weighted by atomic mass is 32.1. The van der Waals surface area contributed by atoms with Crippen LogP contribution in [-0.4, -0.2) is 53.1 Å². The minimum atomic E-state index is -0.753. The lowest BCUT2D eigenvalue weighted by atomic mass is 9.86. The summed E-state index contributed by atoms with van der Waals surface area (Å²) in [4.78, 5) is 49.3. The maximum atomic E-state index is 13.3. The number of amides is 2. The zero-order valence-corrected chi connectivity index (χ0v) is 28.6. The molecule has 6 rings (SSSR count). The number of hydrogen-bond donors (Lipinski definition) is 2. The van der Waals surface area contributed by atoms with Gasteiger partial charge in [-0.2, -0.15) is 0 Å². The smallest absolute Gasteiger partial charge is 0.259 e. The first-order valence-corrected chi connectivity index (χ1v) is 16.9. The number of pyridine rings is 1. The molecule has 1 aliphatic heterocycles. The van der Waals surface area contributed by atoms with Crippen molar-refractivity contribution in [2.45, 2.75) is 45.1 Å². The molecule has 0 aliphatic carbocycles. The molecule has 1 saturated heterocycles. The first-order valence-electron chi connectivity index (χ1n) is 16.1. The molecule has 0 bridgehead atoms. The minimum Gasteiger partial charge on any atom is -0.338 e. The lowest BCUT2D eigenvalue weighted by Gasteiger charge is -2.19. The van der Waals surface area contributed by atoms with Gasteiger partial charge in [0.1, 0.15) is 12.3 Å². The Labute approximate surface area is 286 Å². The van der Waals surface area contributed by atoms with Crippen LogP contribution in [0.25, 0.3) is 22.5 Å². The van der Waals surface area contributed by atoms with Crippen molar-refractivity contribution in [2.75, 3.05) is 25.5 Å². The van der Waals surface area contributed by atoms with Gasteiger partial charge in [-0.05, 0) is 73.8 Å². The molecule has 1 atom stereocenters. The number of aromatic nitrogens is 2. The molecule has 1 fully saturated rings. The van der Waals surface area contributed by atoms with E-state index in [9.17, 15) is 14.4 Å². The molecule has 2 N–H and O–H groups in total. The Morgan fingerprint density at radius 2 is 1.60 bits per heavy atom. The van der Waals surface area contributed by atoms with Gasteiger partial charge in [-0.25, -0.2) is 4.98 Å². The van der Waals surface area contributed by atoms with Crippen molar-refractivity contribution in [3.63, 3.8) is 0 Å². The van der Waals surface area contributed by atoms with Gasteiger partial charge in [0, 0.05) is 28.3 Å². The summed E-state index contributed by atoms with van der Waals surface area (Å²) in [6, 6.07) is 26.9. The molecule has 3 heterocycles. The fraction of sp³-hybridized carbons (Fsp3) is 0.256. The largest absolute Gasteiger partial charge is 0.338 e. The number of rotatable bonds is 8. The number of carbonyl (C=O) groups is 3. The standard InChI is InChI=1S/C34H30N4O3S.C5H11N/c1-34(2,3)26-16-14-23(15-17-26)30-27(13-8-18-35-30)32(41)38-33-37-29(21-42-33)24-11-7-12-25(19-24)31(40)36-28(20-39)22-9-5-4-6-10-22;1-6-4-2-3-5-6/h4-21,28H,1-3H3,(H,36,40)(H,37,38,41);2-5H2,1H3. The second-order valence-corrected chi connectivity index (χ2v) is 13.7. The van der Waals surface area contributed by atoms with E-state index in [0.29, 0.717) is 45.1 Å². The predicted octanol–water partition coefficient (Wildman–Crippen LogP) is 7.80. The molecular weight excluding hydrogens is 619 g/mol. The fourth-order valence-electron chi connectivity index (χ4n) is 5.35. The predicted molar refractivity (Wildman–Crippen MR) is 193 cm³/mol. The van der Waals surface area contributed by atoms with Gasteiger partial charge in [0.2, 0.25) is 0 Å². The number of aldehydes is 1. The Hall–Kier alpha value is -4.99. The zero-order chi connectivity index (χ0) is 34.1. The normalized spacial score (nSPS) is 13.6. The van der Waals surface area contributed by atoms with Crippen molar-refractivity contribution in [1.29, 1.82) is 0 Å². The summed E-state index contributed by atoms with van der Waals surface area (Å²) in [7, 11) is 2.17. The molecule has 2 aromatic heterocycles. The fourth-order valence-corrected chi connectivity index (χ4v) is 6.07. The third kappa shape index (κ3) is 8.87. The number of nitrogens with zero attached hydrogens (tertiary/aromatic N) is 3. The summed E-state index contributed by atoms with van der Waals surface area (Å²) < 4.78 is 0. The van der Waals surface area contributed by atoms with E-state index >= 15 is 0 Å². The molecule has 0 radical (unpaired) electrons. The van der Waals surface area contributed by atoms with E-state index in [1.807, 2.05) is 41.8 Å². The third-order valence-electron chi connectivity index (χ3n) is 8.13. The molecule has 0 spiro atoms. The van der Waals surface area contributed by atoms with Gasteiger partial charge in [0.25, 0.3) is 11.8 Å². The highest BCUT2D eigenvalue weighted by Crippen LogP contribution is 2.29. The van der Waals surface area contributed by atoms with Gasteiger partial charge in [-0.15, -0.1) is 11.3 Å². The molecule has 9 heteroatoms. The number of nitrogens with one attached hydrogen (secondary N) is 2. The zero-order valence-electron chi connectivity index (χ0n) is 27.8. The maximum absolute atomic E-state index is 13.3.